The zero-order chi connectivity index (χ0) is 13.4. The molecule has 0 saturated heterocycles. The molecule has 2 aromatic rings. The molecule has 98 valence electrons. The molecule has 0 bridgehead atoms. The van der Waals surface area contributed by atoms with Crippen LogP contribution in [-0.4, -0.2) is 16.5 Å². The highest BCUT2D eigenvalue weighted by Gasteiger charge is 2.16. The lowest BCUT2D eigenvalue weighted by atomic mass is 10.1. The normalized spacial score (nSPS) is 13.8. The molecule has 2 N–H and O–H groups in total. The van der Waals surface area contributed by atoms with E-state index in [0.29, 0.717) is 28.3 Å². The summed E-state index contributed by atoms with van der Waals surface area (Å²) in [6.45, 7) is 2.51. The summed E-state index contributed by atoms with van der Waals surface area (Å²) >= 11 is 0. The van der Waals surface area contributed by atoms with Gasteiger partial charge in [-0.1, -0.05) is 12.1 Å². The third kappa shape index (κ3) is 2.12. The number of anilines is 1. The van der Waals surface area contributed by atoms with Crippen molar-refractivity contribution in [1.82, 2.24) is 9.97 Å². The Hall–Kier alpha value is -2.17. The van der Waals surface area contributed by atoms with Crippen LogP contribution >= 0.6 is 0 Å². The van der Waals surface area contributed by atoms with Crippen LogP contribution in [0.15, 0.2) is 23.0 Å². The molecule has 1 aromatic carbocycles. The lowest BCUT2D eigenvalue weighted by Gasteiger charge is -2.16. The number of aromatic amines is 1. The lowest BCUT2D eigenvalue weighted by molar-refractivity contribution is 0.619. The van der Waals surface area contributed by atoms with Crippen LogP contribution in [0.25, 0.3) is 11.4 Å². The number of aromatic nitrogens is 2. The second-order valence-corrected chi connectivity index (χ2v) is 4.74. The second kappa shape index (κ2) is 4.50. The van der Waals surface area contributed by atoms with Crippen LogP contribution in [0.5, 0.6) is 0 Å². The van der Waals surface area contributed by atoms with Crippen molar-refractivity contribution in [3.05, 3.63) is 45.5 Å². The number of rotatable bonds is 1. The van der Waals surface area contributed by atoms with E-state index in [1.165, 1.54) is 6.07 Å². The molecule has 1 aromatic heterocycles. The number of benzene rings is 1. The van der Waals surface area contributed by atoms with Gasteiger partial charge in [0.15, 0.2) is 0 Å². The number of nitrogens with one attached hydrogen (secondary N) is 2. The maximum absolute atomic E-state index is 13.6. The molecule has 2 heterocycles. The summed E-state index contributed by atoms with van der Waals surface area (Å²) in [4.78, 5) is 19.1. The average Bonchev–Trinajstić information content (AvgIpc) is 2.42. The molecule has 0 radical (unpaired) electrons. The highest BCUT2D eigenvalue weighted by atomic mass is 19.1. The summed E-state index contributed by atoms with van der Waals surface area (Å²) in [7, 11) is 0. The third-order valence-electron chi connectivity index (χ3n) is 3.36. The van der Waals surface area contributed by atoms with E-state index in [-0.39, 0.29) is 11.4 Å². The molecule has 5 heteroatoms. The van der Waals surface area contributed by atoms with E-state index in [4.69, 9.17) is 0 Å². The highest BCUT2D eigenvalue weighted by Crippen LogP contribution is 2.21. The van der Waals surface area contributed by atoms with Crippen LogP contribution in [-0.2, 0) is 6.42 Å². The second-order valence-electron chi connectivity index (χ2n) is 4.74. The van der Waals surface area contributed by atoms with Gasteiger partial charge in [-0.15, -0.1) is 0 Å². The summed E-state index contributed by atoms with van der Waals surface area (Å²) in [6.07, 6.45) is 1.66. The molecular formula is C14H14FN3O. The van der Waals surface area contributed by atoms with Gasteiger partial charge < -0.3 is 10.3 Å². The number of nitrogens with zero attached hydrogens (tertiary/aromatic N) is 1. The number of halogens is 1. The quantitative estimate of drug-likeness (QED) is 0.825. The first-order valence-corrected chi connectivity index (χ1v) is 6.29. The predicted molar refractivity (Wildman–Crippen MR) is 71.8 cm³/mol. The van der Waals surface area contributed by atoms with E-state index in [1.807, 2.05) is 0 Å². The standard InChI is InChI=1S/C14H14FN3O/c1-8-4-5-9(7-11(8)15)12-17-13-10(14(19)18-12)3-2-6-16-13/h4-5,7H,2-3,6H2,1H3,(H2,16,17,18,19). The minimum atomic E-state index is -0.300. The van der Waals surface area contributed by atoms with Crippen LogP contribution in [0, 0.1) is 12.7 Å². The average molecular weight is 259 g/mol. The summed E-state index contributed by atoms with van der Waals surface area (Å²) in [5, 5.41) is 3.11. The number of fused-ring (bicyclic) bond motifs is 1. The zero-order valence-corrected chi connectivity index (χ0v) is 10.6. The Labute approximate surface area is 109 Å². The van der Waals surface area contributed by atoms with E-state index in [9.17, 15) is 9.18 Å². The van der Waals surface area contributed by atoms with Crippen molar-refractivity contribution in [2.75, 3.05) is 11.9 Å². The van der Waals surface area contributed by atoms with Crippen molar-refractivity contribution in [3.8, 4) is 11.4 Å². The predicted octanol–water partition coefficient (Wildman–Crippen LogP) is 2.24. The molecule has 0 saturated carbocycles. The van der Waals surface area contributed by atoms with Gasteiger partial charge in [0.2, 0.25) is 0 Å². The molecule has 4 nitrogen and oxygen atoms in total. The molecule has 19 heavy (non-hydrogen) atoms. The Bertz CT molecular complexity index is 694. The molecule has 0 spiro atoms. The fourth-order valence-electron chi connectivity index (χ4n) is 2.22. The first kappa shape index (κ1) is 11.9. The number of hydrogen-bond donors (Lipinski definition) is 2. The number of H-pyrrole nitrogens is 1. The summed E-state index contributed by atoms with van der Waals surface area (Å²) in [5.74, 6) is 0.717. The topological polar surface area (TPSA) is 57.8 Å². The third-order valence-corrected chi connectivity index (χ3v) is 3.36. The van der Waals surface area contributed by atoms with Crippen LogP contribution in [0.4, 0.5) is 10.2 Å². The van der Waals surface area contributed by atoms with Gasteiger partial charge in [0.05, 0.1) is 5.56 Å². The molecule has 1 aliphatic rings. The fraction of sp³-hybridized carbons (Fsp3) is 0.286. The molecule has 1 aliphatic heterocycles. The molecule has 0 atom stereocenters. The molecular weight excluding hydrogens is 245 g/mol. The van der Waals surface area contributed by atoms with E-state index in [2.05, 4.69) is 15.3 Å². The van der Waals surface area contributed by atoms with Gasteiger partial charge >= 0.3 is 0 Å². The van der Waals surface area contributed by atoms with Crippen LogP contribution in [0.2, 0.25) is 0 Å². The van der Waals surface area contributed by atoms with Crippen LogP contribution in [0.1, 0.15) is 17.5 Å². The monoisotopic (exact) mass is 259 g/mol. The van der Waals surface area contributed by atoms with Crippen molar-refractivity contribution in [1.29, 1.82) is 0 Å². The van der Waals surface area contributed by atoms with Gasteiger partial charge in [-0.3, -0.25) is 4.79 Å². The van der Waals surface area contributed by atoms with Crippen LogP contribution in [0.3, 0.4) is 0 Å². The Morgan fingerprint density at radius 2 is 2.21 bits per heavy atom. The number of aryl methyl sites for hydroxylation is 1. The fourth-order valence-corrected chi connectivity index (χ4v) is 2.22. The van der Waals surface area contributed by atoms with Gasteiger partial charge in [-0.05, 0) is 31.4 Å². The van der Waals surface area contributed by atoms with E-state index >= 15 is 0 Å². The maximum atomic E-state index is 13.6. The minimum Gasteiger partial charge on any atom is -0.370 e. The van der Waals surface area contributed by atoms with Crippen molar-refractivity contribution in [2.45, 2.75) is 19.8 Å². The van der Waals surface area contributed by atoms with E-state index < -0.39 is 0 Å². The van der Waals surface area contributed by atoms with Gasteiger partial charge in [0.25, 0.3) is 5.56 Å². The molecule has 3 rings (SSSR count). The summed E-state index contributed by atoms with van der Waals surface area (Å²) < 4.78 is 13.6. The minimum absolute atomic E-state index is 0.145. The van der Waals surface area contributed by atoms with Gasteiger partial charge in [-0.2, -0.15) is 0 Å². The SMILES string of the molecule is Cc1ccc(-c2nc3c(c(=O)[nH]2)CCCN3)cc1F. The lowest BCUT2D eigenvalue weighted by Crippen LogP contribution is -2.24. The van der Waals surface area contributed by atoms with Crippen LogP contribution < -0.4 is 10.9 Å². The first-order chi connectivity index (χ1) is 9.15. The van der Waals surface area contributed by atoms with Crippen molar-refractivity contribution >= 4 is 5.82 Å². The maximum Gasteiger partial charge on any atom is 0.256 e. The Balaban J connectivity index is 2.12. The largest absolute Gasteiger partial charge is 0.370 e. The highest BCUT2D eigenvalue weighted by molar-refractivity contribution is 5.59. The van der Waals surface area contributed by atoms with E-state index in [1.54, 1.807) is 19.1 Å². The Morgan fingerprint density at radius 3 is 3.00 bits per heavy atom. The molecule has 0 aliphatic carbocycles. The Morgan fingerprint density at radius 1 is 1.37 bits per heavy atom. The first-order valence-electron chi connectivity index (χ1n) is 6.29. The van der Waals surface area contributed by atoms with Gasteiger partial charge in [-0.25, -0.2) is 9.37 Å². The molecule has 0 amide bonds. The van der Waals surface area contributed by atoms with E-state index in [0.717, 1.165) is 19.4 Å². The molecule has 0 unspecified atom stereocenters. The van der Waals surface area contributed by atoms with Gasteiger partial charge in [0, 0.05) is 12.1 Å². The zero-order valence-electron chi connectivity index (χ0n) is 10.6. The number of hydrogen-bond acceptors (Lipinski definition) is 3. The Kier molecular flexibility index (Phi) is 2.81. The molecule has 0 fully saturated rings. The van der Waals surface area contributed by atoms with Crippen molar-refractivity contribution in [3.63, 3.8) is 0 Å². The van der Waals surface area contributed by atoms with Gasteiger partial charge in [0.1, 0.15) is 17.5 Å². The smallest absolute Gasteiger partial charge is 0.256 e. The summed E-state index contributed by atoms with van der Waals surface area (Å²) in [5.41, 5.74) is 1.69. The van der Waals surface area contributed by atoms with Crippen molar-refractivity contribution in [2.24, 2.45) is 0 Å². The van der Waals surface area contributed by atoms with Crippen molar-refractivity contribution < 1.29 is 4.39 Å². The summed E-state index contributed by atoms with van der Waals surface area (Å²) in [6, 6.07) is 4.83.